The van der Waals surface area contributed by atoms with Crippen LogP contribution in [0.25, 0.3) is 6.08 Å². The Bertz CT molecular complexity index is 966. The minimum atomic E-state index is -1.24. The van der Waals surface area contributed by atoms with Gasteiger partial charge < -0.3 is 19.7 Å². The third-order valence-corrected chi connectivity index (χ3v) is 7.96. The summed E-state index contributed by atoms with van der Waals surface area (Å²) < 4.78 is 11.7. The molecule has 8 heteroatoms. The zero-order valence-corrected chi connectivity index (χ0v) is 21.7. The predicted octanol–water partition coefficient (Wildman–Crippen LogP) is 4.01. The SMILES string of the molecule is C/C1=C\CC[C@@]2(C)O[C@@H]2C[C@@H](C=Cc2csc(C)n2)OC(=O)C[C@H](O)C(C)(C)C(=O)[C@H](C)[C@H]1O. The highest BCUT2D eigenvalue weighted by Crippen LogP contribution is 2.44. The molecule has 0 radical (unpaired) electrons. The molecule has 0 unspecified atom stereocenters. The first kappa shape index (κ1) is 26.7. The summed E-state index contributed by atoms with van der Waals surface area (Å²) in [5, 5.41) is 24.4. The van der Waals surface area contributed by atoms with Gasteiger partial charge in [-0.1, -0.05) is 26.8 Å². The number of nitrogens with zero attached hydrogens (tertiary/aromatic N) is 1. The lowest BCUT2D eigenvalue weighted by molar-refractivity contribution is -0.153. The molecule has 7 nitrogen and oxygen atoms in total. The van der Waals surface area contributed by atoms with Crippen LogP contribution in [0.2, 0.25) is 0 Å². The first-order valence-corrected chi connectivity index (χ1v) is 12.8. The van der Waals surface area contributed by atoms with Crippen molar-refractivity contribution in [2.75, 3.05) is 0 Å². The molecule has 3 rings (SSSR count). The lowest BCUT2D eigenvalue weighted by Gasteiger charge is -2.33. The lowest BCUT2D eigenvalue weighted by Crippen LogP contribution is -2.44. The predicted molar refractivity (Wildman–Crippen MR) is 131 cm³/mol. The fraction of sp³-hybridized carbons (Fsp3) is 0.654. The molecule has 1 saturated heterocycles. The molecule has 1 aromatic heterocycles. The van der Waals surface area contributed by atoms with Crippen molar-refractivity contribution < 1.29 is 29.3 Å². The number of hydrogen-bond acceptors (Lipinski definition) is 8. The molecule has 0 aromatic carbocycles. The third-order valence-electron chi connectivity index (χ3n) is 7.17. The van der Waals surface area contributed by atoms with E-state index in [0.717, 1.165) is 22.7 Å². The molecule has 6 atom stereocenters. The molecule has 0 spiro atoms. The molecule has 188 valence electrons. The molecule has 1 aromatic rings. The van der Waals surface area contributed by atoms with Crippen molar-refractivity contribution in [3.05, 3.63) is 33.8 Å². The summed E-state index contributed by atoms with van der Waals surface area (Å²) in [6.07, 6.45) is 4.40. The molecule has 2 N–H and O–H groups in total. The number of aliphatic hydroxyl groups is 2. The van der Waals surface area contributed by atoms with Gasteiger partial charge in [0.2, 0.25) is 0 Å². The molecule has 0 bridgehead atoms. The number of epoxide rings is 1. The van der Waals surface area contributed by atoms with Gasteiger partial charge in [-0.05, 0) is 51.3 Å². The maximum atomic E-state index is 13.1. The van der Waals surface area contributed by atoms with Gasteiger partial charge >= 0.3 is 5.97 Å². The third kappa shape index (κ3) is 6.22. The summed E-state index contributed by atoms with van der Waals surface area (Å²) in [6, 6.07) is 0. The maximum absolute atomic E-state index is 13.1. The monoisotopic (exact) mass is 491 g/mol. The van der Waals surface area contributed by atoms with Crippen LogP contribution < -0.4 is 0 Å². The van der Waals surface area contributed by atoms with Crippen molar-refractivity contribution in [3.63, 3.8) is 0 Å². The Hall–Kier alpha value is -1.87. The van der Waals surface area contributed by atoms with E-state index in [1.807, 2.05) is 44.4 Å². The van der Waals surface area contributed by atoms with E-state index in [4.69, 9.17) is 9.47 Å². The molecule has 3 heterocycles. The number of thiazole rings is 1. The van der Waals surface area contributed by atoms with Crippen LogP contribution in [0.15, 0.2) is 23.1 Å². The van der Waals surface area contributed by atoms with Crippen molar-refractivity contribution in [1.82, 2.24) is 4.98 Å². The van der Waals surface area contributed by atoms with Crippen LogP contribution in [0, 0.1) is 18.3 Å². The van der Waals surface area contributed by atoms with Crippen LogP contribution in [0.3, 0.4) is 0 Å². The van der Waals surface area contributed by atoms with Gasteiger partial charge in [-0.25, -0.2) is 4.98 Å². The smallest absolute Gasteiger partial charge is 0.309 e. The molecule has 34 heavy (non-hydrogen) atoms. The molecular formula is C26H37NO6S. The second-order valence-electron chi connectivity index (χ2n) is 10.4. The van der Waals surface area contributed by atoms with Crippen LogP contribution >= 0.6 is 11.3 Å². The molecular weight excluding hydrogens is 454 g/mol. The van der Waals surface area contributed by atoms with Gasteiger partial charge in [-0.15, -0.1) is 11.3 Å². The van der Waals surface area contributed by atoms with Gasteiger partial charge in [0, 0.05) is 17.7 Å². The summed E-state index contributed by atoms with van der Waals surface area (Å²) >= 11 is 1.54. The first-order chi connectivity index (χ1) is 15.8. The van der Waals surface area contributed by atoms with Gasteiger partial charge in [0.1, 0.15) is 11.9 Å². The van der Waals surface area contributed by atoms with Crippen molar-refractivity contribution >= 4 is 29.2 Å². The fourth-order valence-electron chi connectivity index (χ4n) is 4.47. The van der Waals surface area contributed by atoms with Crippen LogP contribution in [0.5, 0.6) is 0 Å². The highest BCUT2D eigenvalue weighted by molar-refractivity contribution is 7.09. The molecule has 0 saturated carbocycles. The number of allylic oxidation sites excluding steroid dienone is 1. The number of Topliss-reactive ketones (excluding diaryl/α,β-unsaturated/α-hetero) is 1. The lowest BCUT2D eigenvalue weighted by atomic mass is 9.74. The standard InChI is InChI=1S/C26H37NO6S/c1-15-8-7-11-26(6)21(33-26)12-19(10-9-18-14-34-17(3)27-18)32-22(29)13-20(28)25(4,5)24(31)16(2)23(15)30/h8-10,14,16,19-21,23,28,30H,7,11-13H2,1-6H3/b10-9?,15-8+/t16-,19-,20+,21-,23+,26-/m1/s1. The summed E-state index contributed by atoms with van der Waals surface area (Å²) in [4.78, 5) is 30.3. The number of carbonyl (C=O) groups excluding carboxylic acids is 2. The minimum absolute atomic E-state index is 0.0690. The molecule has 0 amide bonds. The highest BCUT2D eigenvalue weighted by atomic mass is 32.1. The van der Waals surface area contributed by atoms with E-state index in [1.165, 1.54) is 0 Å². The van der Waals surface area contributed by atoms with Gasteiger partial charge in [-0.3, -0.25) is 9.59 Å². The van der Waals surface area contributed by atoms with E-state index in [-0.39, 0.29) is 23.9 Å². The number of rotatable bonds is 2. The number of ether oxygens (including phenoxy) is 2. The second-order valence-corrected chi connectivity index (χ2v) is 11.4. The number of carbonyl (C=O) groups is 2. The van der Waals surface area contributed by atoms with E-state index in [2.05, 4.69) is 4.98 Å². The number of hydrogen-bond donors (Lipinski definition) is 2. The van der Waals surface area contributed by atoms with E-state index >= 15 is 0 Å². The molecule has 0 aliphatic carbocycles. The number of ketones is 1. The van der Waals surface area contributed by atoms with Crippen molar-refractivity contribution in [1.29, 1.82) is 0 Å². The average molecular weight is 492 g/mol. The number of aryl methyl sites for hydroxylation is 1. The Balaban J connectivity index is 1.84. The summed E-state index contributed by atoms with van der Waals surface area (Å²) in [6.45, 7) is 10.6. The van der Waals surface area contributed by atoms with Crippen molar-refractivity contribution in [3.8, 4) is 0 Å². The minimum Gasteiger partial charge on any atom is -0.458 e. The first-order valence-electron chi connectivity index (χ1n) is 11.9. The molecule has 2 aliphatic rings. The summed E-state index contributed by atoms with van der Waals surface area (Å²) in [5.41, 5.74) is -0.0431. The van der Waals surface area contributed by atoms with Crippen LogP contribution in [-0.2, 0) is 19.1 Å². The number of fused-ring (bicyclic) bond motifs is 1. The van der Waals surface area contributed by atoms with E-state index in [1.54, 1.807) is 32.1 Å². The Morgan fingerprint density at radius 2 is 1.91 bits per heavy atom. The Morgan fingerprint density at radius 1 is 1.21 bits per heavy atom. The second kappa shape index (κ2) is 10.4. The van der Waals surface area contributed by atoms with E-state index in [9.17, 15) is 19.8 Å². The fourth-order valence-corrected chi connectivity index (χ4v) is 5.05. The van der Waals surface area contributed by atoms with Crippen LogP contribution in [0.1, 0.15) is 71.0 Å². The van der Waals surface area contributed by atoms with Crippen molar-refractivity contribution in [2.45, 2.75) is 97.2 Å². The number of aromatic nitrogens is 1. The highest BCUT2D eigenvalue weighted by Gasteiger charge is 2.52. The zero-order valence-electron chi connectivity index (χ0n) is 20.9. The maximum Gasteiger partial charge on any atom is 0.309 e. The largest absolute Gasteiger partial charge is 0.458 e. The van der Waals surface area contributed by atoms with Gasteiger partial charge in [0.25, 0.3) is 0 Å². The number of aliphatic hydroxyl groups excluding tert-OH is 2. The Labute approximate surface area is 205 Å². The average Bonchev–Trinajstić information content (AvgIpc) is 3.19. The summed E-state index contributed by atoms with van der Waals surface area (Å²) in [7, 11) is 0. The topological polar surface area (TPSA) is 109 Å². The van der Waals surface area contributed by atoms with E-state index in [0.29, 0.717) is 12.8 Å². The van der Waals surface area contributed by atoms with E-state index < -0.39 is 35.6 Å². The quantitative estimate of drug-likeness (QED) is 0.365. The number of esters is 1. The molecule has 1 fully saturated rings. The summed E-state index contributed by atoms with van der Waals surface area (Å²) in [5.74, 6) is -1.60. The van der Waals surface area contributed by atoms with Gasteiger partial charge in [0.15, 0.2) is 0 Å². The van der Waals surface area contributed by atoms with Crippen molar-refractivity contribution in [2.24, 2.45) is 11.3 Å². The Kier molecular flexibility index (Phi) is 8.18. The van der Waals surface area contributed by atoms with Gasteiger partial charge in [0.05, 0.1) is 46.5 Å². The van der Waals surface area contributed by atoms with Gasteiger partial charge in [-0.2, -0.15) is 0 Å². The van der Waals surface area contributed by atoms with Crippen LogP contribution in [-0.4, -0.2) is 57.0 Å². The zero-order chi connectivity index (χ0) is 25.3. The normalized spacial score (nSPS) is 37.1. The van der Waals surface area contributed by atoms with Crippen LogP contribution in [0.4, 0.5) is 0 Å². The number of cyclic esters (lactones) is 1. The Morgan fingerprint density at radius 3 is 2.56 bits per heavy atom. The molecule has 2 aliphatic heterocycles.